The van der Waals surface area contributed by atoms with Gasteiger partial charge in [0.1, 0.15) is 6.61 Å². The lowest BCUT2D eigenvalue weighted by molar-refractivity contribution is -0.137. The first-order valence-electron chi connectivity index (χ1n) is 6.22. The van der Waals surface area contributed by atoms with E-state index in [4.69, 9.17) is 9.84 Å². The molecule has 0 aliphatic rings. The van der Waals surface area contributed by atoms with E-state index in [-0.39, 0.29) is 13.0 Å². The number of carbonyl (C=O) groups excluding carboxylic acids is 1. The summed E-state index contributed by atoms with van der Waals surface area (Å²) in [5.41, 5.74) is 1.48. The van der Waals surface area contributed by atoms with E-state index >= 15 is 0 Å². The first-order valence-corrected chi connectivity index (χ1v) is 6.22. The zero-order valence-corrected chi connectivity index (χ0v) is 11.1. The number of carbonyl (C=O) groups is 2. The number of rotatable bonds is 8. The van der Waals surface area contributed by atoms with E-state index in [0.29, 0.717) is 18.7 Å². The third-order valence-corrected chi connectivity index (χ3v) is 2.36. The largest absolute Gasteiger partial charge is 0.481 e. The Morgan fingerprint density at radius 2 is 1.90 bits per heavy atom. The second-order valence-electron chi connectivity index (χ2n) is 4.01. The molecule has 1 aromatic rings. The van der Waals surface area contributed by atoms with Crippen molar-refractivity contribution in [1.82, 2.24) is 0 Å². The molecule has 0 aliphatic carbocycles. The molecule has 0 spiro atoms. The Morgan fingerprint density at radius 3 is 2.50 bits per heavy atom. The van der Waals surface area contributed by atoms with Crippen LogP contribution in [-0.4, -0.2) is 30.3 Å². The monoisotopic (exact) mass is 278 g/mol. The molecule has 0 unspecified atom stereocenters. The van der Waals surface area contributed by atoms with Crippen molar-refractivity contribution in [3.63, 3.8) is 0 Å². The third-order valence-electron chi connectivity index (χ3n) is 2.36. The van der Waals surface area contributed by atoms with Crippen LogP contribution in [0.15, 0.2) is 36.9 Å². The van der Waals surface area contributed by atoms with Crippen LogP contribution >= 0.6 is 0 Å². The van der Waals surface area contributed by atoms with E-state index in [9.17, 15) is 9.59 Å². The van der Waals surface area contributed by atoms with Crippen molar-refractivity contribution in [2.45, 2.75) is 12.8 Å². The summed E-state index contributed by atoms with van der Waals surface area (Å²) in [6.45, 7) is 4.19. The van der Waals surface area contributed by atoms with Gasteiger partial charge in [-0.3, -0.25) is 10.1 Å². The Kier molecular flexibility index (Phi) is 6.67. The quantitative estimate of drug-likeness (QED) is 0.502. The number of benzene rings is 1. The maximum absolute atomic E-state index is 11.3. The molecule has 3 N–H and O–H groups in total. The minimum Gasteiger partial charge on any atom is -0.481 e. The Balaban J connectivity index is 2.34. The lowest BCUT2D eigenvalue weighted by Crippen LogP contribution is -2.13. The van der Waals surface area contributed by atoms with Crippen LogP contribution in [0.4, 0.5) is 16.2 Å². The number of carboxylic acid groups (broad SMARTS) is 1. The van der Waals surface area contributed by atoms with Gasteiger partial charge >= 0.3 is 12.1 Å². The summed E-state index contributed by atoms with van der Waals surface area (Å²) in [5, 5.41) is 14.2. The van der Waals surface area contributed by atoms with Gasteiger partial charge in [0.05, 0.1) is 0 Å². The molecular weight excluding hydrogens is 260 g/mol. The summed E-state index contributed by atoms with van der Waals surface area (Å²) in [7, 11) is 0. The van der Waals surface area contributed by atoms with Gasteiger partial charge in [-0.1, -0.05) is 12.7 Å². The topological polar surface area (TPSA) is 87.7 Å². The minimum absolute atomic E-state index is 0.141. The van der Waals surface area contributed by atoms with E-state index in [0.717, 1.165) is 5.69 Å². The number of aliphatic carboxylic acids is 1. The first-order chi connectivity index (χ1) is 9.61. The van der Waals surface area contributed by atoms with Crippen molar-refractivity contribution in [2.24, 2.45) is 0 Å². The van der Waals surface area contributed by atoms with Crippen molar-refractivity contribution in [2.75, 3.05) is 23.8 Å². The molecule has 6 heteroatoms. The Labute approximate surface area is 117 Å². The first kappa shape index (κ1) is 15.6. The van der Waals surface area contributed by atoms with Gasteiger partial charge < -0.3 is 15.2 Å². The van der Waals surface area contributed by atoms with Crippen LogP contribution in [0.5, 0.6) is 0 Å². The molecule has 0 bridgehead atoms. The fourth-order valence-corrected chi connectivity index (χ4v) is 1.43. The van der Waals surface area contributed by atoms with Gasteiger partial charge in [0.25, 0.3) is 0 Å². The van der Waals surface area contributed by atoms with Crippen LogP contribution in [0, 0.1) is 0 Å². The number of ether oxygens (including phenoxy) is 1. The molecule has 0 saturated heterocycles. The summed E-state index contributed by atoms with van der Waals surface area (Å²) in [4.78, 5) is 21.6. The molecule has 1 aromatic carbocycles. The van der Waals surface area contributed by atoms with Crippen molar-refractivity contribution in [1.29, 1.82) is 0 Å². The molecule has 1 rings (SSSR count). The summed E-state index contributed by atoms with van der Waals surface area (Å²) < 4.78 is 4.79. The smallest absolute Gasteiger partial charge is 0.411 e. The van der Waals surface area contributed by atoms with Gasteiger partial charge in [-0.15, -0.1) is 0 Å². The molecule has 0 aliphatic heterocycles. The van der Waals surface area contributed by atoms with E-state index < -0.39 is 12.1 Å². The predicted octanol–water partition coefficient (Wildman–Crippen LogP) is 2.70. The van der Waals surface area contributed by atoms with Crippen LogP contribution in [0.25, 0.3) is 0 Å². The van der Waals surface area contributed by atoms with Gasteiger partial charge in [0, 0.05) is 24.3 Å². The molecule has 0 heterocycles. The number of anilines is 2. The number of nitrogens with one attached hydrogen (secondary N) is 2. The number of hydrogen-bond donors (Lipinski definition) is 3. The molecule has 0 aromatic heterocycles. The van der Waals surface area contributed by atoms with Crippen molar-refractivity contribution in [3.05, 3.63) is 36.9 Å². The van der Waals surface area contributed by atoms with Crippen LogP contribution in [0.2, 0.25) is 0 Å². The lowest BCUT2D eigenvalue weighted by Gasteiger charge is -2.08. The summed E-state index contributed by atoms with van der Waals surface area (Å²) in [6, 6.07) is 7.05. The maximum Gasteiger partial charge on any atom is 0.411 e. The van der Waals surface area contributed by atoms with E-state index in [1.54, 1.807) is 24.3 Å². The molecule has 108 valence electrons. The fraction of sp³-hybridized carbons (Fsp3) is 0.286. The summed E-state index contributed by atoms with van der Waals surface area (Å²) >= 11 is 0. The van der Waals surface area contributed by atoms with Crippen molar-refractivity contribution < 1.29 is 19.4 Å². The van der Waals surface area contributed by atoms with Gasteiger partial charge in [-0.25, -0.2) is 4.79 Å². The molecule has 0 atom stereocenters. The summed E-state index contributed by atoms with van der Waals surface area (Å²) in [6.07, 6.45) is 1.65. The summed E-state index contributed by atoms with van der Waals surface area (Å²) in [5.74, 6) is -0.801. The zero-order chi connectivity index (χ0) is 14.8. The maximum atomic E-state index is 11.3. The Bertz CT molecular complexity index is 457. The van der Waals surface area contributed by atoms with Crippen LogP contribution in [0.3, 0.4) is 0 Å². The van der Waals surface area contributed by atoms with Crippen LogP contribution in [0.1, 0.15) is 12.8 Å². The van der Waals surface area contributed by atoms with Gasteiger partial charge in [-0.2, -0.15) is 0 Å². The van der Waals surface area contributed by atoms with E-state index in [1.165, 1.54) is 6.08 Å². The average Bonchev–Trinajstić information content (AvgIpc) is 2.43. The third kappa shape index (κ3) is 6.44. The second-order valence-corrected chi connectivity index (χ2v) is 4.01. The Hall–Kier alpha value is -2.50. The van der Waals surface area contributed by atoms with Crippen molar-refractivity contribution >= 4 is 23.4 Å². The molecule has 0 radical (unpaired) electrons. The highest BCUT2D eigenvalue weighted by Gasteiger charge is 2.02. The second kappa shape index (κ2) is 8.58. The normalized spacial score (nSPS) is 9.60. The minimum atomic E-state index is -0.801. The molecule has 20 heavy (non-hydrogen) atoms. The highest BCUT2D eigenvalue weighted by molar-refractivity contribution is 5.84. The van der Waals surface area contributed by atoms with Crippen molar-refractivity contribution in [3.8, 4) is 0 Å². The molecule has 0 fully saturated rings. The fourth-order valence-electron chi connectivity index (χ4n) is 1.43. The van der Waals surface area contributed by atoms with Crippen LogP contribution < -0.4 is 10.6 Å². The SMILES string of the molecule is C=CCOC(=O)Nc1ccc(NCCCC(=O)O)cc1. The van der Waals surface area contributed by atoms with E-state index in [1.807, 2.05) is 0 Å². The Morgan fingerprint density at radius 1 is 1.25 bits per heavy atom. The van der Waals surface area contributed by atoms with Gasteiger partial charge in [0.15, 0.2) is 0 Å². The highest BCUT2D eigenvalue weighted by atomic mass is 16.5. The average molecular weight is 278 g/mol. The number of amides is 1. The lowest BCUT2D eigenvalue weighted by atomic mass is 10.2. The zero-order valence-electron chi connectivity index (χ0n) is 11.1. The predicted molar refractivity (Wildman–Crippen MR) is 77.0 cm³/mol. The number of hydrogen-bond acceptors (Lipinski definition) is 4. The molecule has 6 nitrogen and oxygen atoms in total. The van der Waals surface area contributed by atoms with Gasteiger partial charge in [0.2, 0.25) is 0 Å². The molecular formula is C14H18N2O4. The molecule has 0 saturated carbocycles. The van der Waals surface area contributed by atoms with Gasteiger partial charge in [-0.05, 0) is 30.7 Å². The number of carboxylic acids is 1. The molecule has 1 amide bonds. The standard InChI is InChI=1S/C14H18N2O4/c1-2-10-20-14(19)16-12-7-5-11(6-8-12)15-9-3-4-13(17)18/h2,5-8,15H,1,3-4,9-10H2,(H,16,19)(H,17,18). The van der Waals surface area contributed by atoms with Crippen LogP contribution in [-0.2, 0) is 9.53 Å². The highest BCUT2D eigenvalue weighted by Crippen LogP contribution is 2.13. The van der Waals surface area contributed by atoms with E-state index in [2.05, 4.69) is 17.2 Å².